The normalized spacial score (nSPS) is 14.0. The van der Waals surface area contributed by atoms with Crippen molar-refractivity contribution in [1.29, 1.82) is 0 Å². The summed E-state index contributed by atoms with van der Waals surface area (Å²) in [7, 11) is 0. The molecule has 11 N–H and O–H groups in total. The molecule has 226 valence electrons. The summed E-state index contributed by atoms with van der Waals surface area (Å²) in [4.78, 5) is 72.2. The first-order valence-corrected chi connectivity index (χ1v) is 13.4. The van der Waals surface area contributed by atoms with Gasteiger partial charge in [-0.3, -0.25) is 19.2 Å². The Kier molecular flexibility index (Phi) is 11.6. The van der Waals surface area contributed by atoms with E-state index in [-0.39, 0.29) is 19.3 Å². The molecule has 0 fully saturated rings. The van der Waals surface area contributed by atoms with Crippen LogP contribution in [0.15, 0.2) is 43.0 Å². The van der Waals surface area contributed by atoms with Crippen molar-refractivity contribution < 1.29 is 34.2 Å². The van der Waals surface area contributed by atoms with Crippen molar-refractivity contribution >= 4 is 40.6 Å². The minimum Gasteiger partial charge on any atom is -0.481 e. The van der Waals surface area contributed by atoms with E-state index in [4.69, 9.17) is 16.6 Å². The molecule has 42 heavy (non-hydrogen) atoms. The molecule has 3 aromatic rings. The smallest absolute Gasteiger partial charge is 0.326 e. The fraction of sp³-hybridized carbons (Fsp3) is 0.407. The second-order valence-corrected chi connectivity index (χ2v) is 9.86. The number of hydrogen-bond acceptors (Lipinski definition) is 8. The van der Waals surface area contributed by atoms with Gasteiger partial charge in [-0.25, -0.2) is 9.78 Å². The van der Waals surface area contributed by atoms with Crippen LogP contribution in [0.25, 0.3) is 10.9 Å². The number of para-hydroxylation sites is 1. The molecule has 0 saturated carbocycles. The summed E-state index contributed by atoms with van der Waals surface area (Å²) >= 11 is 0. The third-order valence-corrected chi connectivity index (χ3v) is 6.64. The molecule has 0 aliphatic heterocycles. The fourth-order valence-electron chi connectivity index (χ4n) is 4.41. The van der Waals surface area contributed by atoms with Gasteiger partial charge in [0.05, 0.1) is 18.8 Å². The maximum absolute atomic E-state index is 13.4. The molecule has 0 saturated heterocycles. The molecule has 0 spiro atoms. The Morgan fingerprint density at radius 1 is 0.881 bits per heavy atom. The molecule has 3 rings (SSSR count). The number of nitrogens with one attached hydrogen (secondary N) is 5. The Morgan fingerprint density at radius 3 is 2.24 bits per heavy atom. The van der Waals surface area contributed by atoms with Crippen molar-refractivity contribution in [2.24, 2.45) is 11.5 Å². The van der Waals surface area contributed by atoms with Gasteiger partial charge >= 0.3 is 11.9 Å². The molecule has 0 aliphatic carbocycles. The Balaban J connectivity index is 1.76. The van der Waals surface area contributed by atoms with Crippen molar-refractivity contribution in [2.75, 3.05) is 6.54 Å². The van der Waals surface area contributed by atoms with Gasteiger partial charge in [0.15, 0.2) is 0 Å². The van der Waals surface area contributed by atoms with Crippen molar-refractivity contribution in [3.05, 3.63) is 54.2 Å². The van der Waals surface area contributed by atoms with Crippen LogP contribution in [0.3, 0.4) is 0 Å². The molecule has 2 aromatic heterocycles. The van der Waals surface area contributed by atoms with Gasteiger partial charge in [-0.15, -0.1) is 0 Å². The highest BCUT2D eigenvalue weighted by Gasteiger charge is 2.31. The number of hydrogen-bond donors (Lipinski definition) is 9. The maximum Gasteiger partial charge on any atom is 0.326 e. The Hall–Kier alpha value is -4.76. The second kappa shape index (κ2) is 15.3. The number of fused-ring (bicyclic) bond motifs is 1. The van der Waals surface area contributed by atoms with Crippen molar-refractivity contribution in [1.82, 2.24) is 30.9 Å². The largest absolute Gasteiger partial charge is 0.481 e. The van der Waals surface area contributed by atoms with Gasteiger partial charge in [0.1, 0.15) is 18.1 Å². The third kappa shape index (κ3) is 9.14. The first kappa shape index (κ1) is 31.8. The molecule has 4 unspecified atom stereocenters. The molecule has 1 aromatic carbocycles. The number of carboxylic acids is 2. The standard InChI is InChI=1S/C27H36N8O7/c28-8-4-3-7-20(25(39)35-22(27(41)42)9-15-12-31-19-6-2-1-5-17(15)19)33-26(40)21(10-16-13-30-14-32-16)34-24(38)18(29)11-23(36)37/h1-2,5-6,12-14,18,20-22,31H,3-4,7-11,28-29H2,(H,30,32)(H,33,40)(H,34,38)(H,35,39)(H,36,37)(H,41,42). The highest BCUT2D eigenvalue weighted by molar-refractivity contribution is 5.95. The number of imidazole rings is 1. The van der Waals surface area contributed by atoms with Crippen molar-refractivity contribution in [2.45, 2.75) is 62.7 Å². The van der Waals surface area contributed by atoms with E-state index < -0.39 is 60.2 Å². The molecule has 0 aliphatic rings. The van der Waals surface area contributed by atoms with Crippen LogP contribution < -0.4 is 27.4 Å². The Bertz CT molecular complexity index is 1370. The summed E-state index contributed by atoms with van der Waals surface area (Å²) < 4.78 is 0. The molecular formula is C27H36N8O7. The lowest BCUT2D eigenvalue weighted by Gasteiger charge is -2.25. The zero-order chi connectivity index (χ0) is 30.6. The van der Waals surface area contributed by atoms with Gasteiger partial charge in [-0.2, -0.15) is 0 Å². The molecule has 3 amide bonds. The predicted molar refractivity (Wildman–Crippen MR) is 151 cm³/mol. The topological polar surface area (TPSA) is 258 Å². The van der Waals surface area contributed by atoms with Gasteiger partial charge in [0.25, 0.3) is 0 Å². The number of aromatic nitrogens is 3. The summed E-state index contributed by atoms with van der Waals surface area (Å²) in [5.74, 6) is -4.88. The lowest BCUT2D eigenvalue weighted by Crippen LogP contribution is -2.58. The van der Waals surface area contributed by atoms with E-state index in [9.17, 15) is 29.1 Å². The average molecular weight is 585 g/mol. The van der Waals surface area contributed by atoms with Gasteiger partial charge in [0.2, 0.25) is 17.7 Å². The average Bonchev–Trinajstić information content (AvgIpc) is 3.61. The van der Waals surface area contributed by atoms with Crippen LogP contribution >= 0.6 is 0 Å². The number of carboxylic acid groups (broad SMARTS) is 2. The molecule has 15 nitrogen and oxygen atoms in total. The lowest BCUT2D eigenvalue weighted by molar-refractivity contribution is -0.142. The van der Waals surface area contributed by atoms with Gasteiger partial charge in [-0.1, -0.05) is 18.2 Å². The number of aliphatic carboxylic acids is 2. The number of amides is 3. The summed E-state index contributed by atoms with van der Waals surface area (Å²) in [6.45, 7) is 0.348. The number of rotatable bonds is 17. The monoisotopic (exact) mass is 584 g/mol. The van der Waals surface area contributed by atoms with Gasteiger partial charge < -0.3 is 47.6 Å². The Labute approximate surface area is 240 Å². The zero-order valence-electron chi connectivity index (χ0n) is 22.8. The number of carbonyl (C=O) groups is 5. The van der Waals surface area contributed by atoms with Crippen LogP contribution in [0, 0.1) is 0 Å². The minimum atomic E-state index is -1.41. The van der Waals surface area contributed by atoms with Crippen LogP contribution in [-0.4, -0.2) is 85.5 Å². The number of unbranched alkanes of at least 4 members (excludes halogenated alkanes) is 1. The minimum absolute atomic E-state index is 0.00543. The number of carbonyl (C=O) groups excluding carboxylic acids is 3. The number of H-pyrrole nitrogens is 2. The first-order chi connectivity index (χ1) is 20.1. The number of aromatic amines is 2. The second-order valence-electron chi connectivity index (χ2n) is 9.86. The lowest BCUT2D eigenvalue weighted by atomic mass is 10.0. The van der Waals surface area contributed by atoms with Crippen molar-refractivity contribution in [3.8, 4) is 0 Å². The molecule has 4 atom stereocenters. The van der Waals surface area contributed by atoms with E-state index in [2.05, 4.69) is 30.9 Å². The predicted octanol–water partition coefficient (Wildman–Crippen LogP) is -0.854. The maximum atomic E-state index is 13.4. The van der Waals surface area contributed by atoms with Crippen LogP contribution in [0.5, 0.6) is 0 Å². The molecule has 0 bridgehead atoms. The summed E-state index contributed by atoms with van der Waals surface area (Å²) in [5, 5.41) is 27.2. The first-order valence-electron chi connectivity index (χ1n) is 13.4. The van der Waals surface area contributed by atoms with Gasteiger partial charge in [-0.05, 0) is 37.4 Å². The fourth-order valence-corrected chi connectivity index (χ4v) is 4.41. The number of nitrogens with zero attached hydrogens (tertiary/aromatic N) is 1. The molecular weight excluding hydrogens is 548 g/mol. The number of benzene rings is 1. The van der Waals surface area contributed by atoms with E-state index in [1.54, 1.807) is 6.20 Å². The zero-order valence-corrected chi connectivity index (χ0v) is 22.8. The molecule has 0 radical (unpaired) electrons. The summed E-state index contributed by atoms with van der Waals surface area (Å²) in [6.07, 6.45) is 4.94. The van der Waals surface area contributed by atoms with Crippen LogP contribution in [0.2, 0.25) is 0 Å². The van der Waals surface area contributed by atoms with E-state index in [0.29, 0.717) is 30.6 Å². The van der Waals surface area contributed by atoms with Crippen LogP contribution in [-0.2, 0) is 36.8 Å². The summed E-state index contributed by atoms with van der Waals surface area (Å²) in [5.41, 5.74) is 13.3. The van der Waals surface area contributed by atoms with Crippen LogP contribution in [0.1, 0.15) is 36.9 Å². The van der Waals surface area contributed by atoms with Gasteiger partial charge in [0, 0.05) is 41.8 Å². The van der Waals surface area contributed by atoms with E-state index >= 15 is 0 Å². The summed E-state index contributed by atoms with van der Waals surface area (Å²) in [6, 6.07) is 2.26. The SMILES string of the molecule is NCCCCC(NC(=O)C(Cc1cnc[nH]1)NC(=O)C(N)CC(=O)O)C(=O)NC(Cc1c[nH]c2ccccc12)C(=O)O. The van der Waals surface area contributed by atoms with E-state index in [1.165, 1.54) is 12.5 Å². The molecule has 15 heteroatoms. The van der Waals surface area contributed by atoms with E-state index in [0.717, 1.165) is 10.9 Å². The van der Waals surface area contributed by atoms with Crippen molar-refractivity contribution in [3.63, 3.8) is 0 Å². The Morgan fingerprint density at radius 2 is 1.57 bits per heavy atom. The highest BCUT2D eigenvalue weighted by atomic mass is 16.4. The number of nitrogens with two attached hydrogens (primary N) is 2. The molecule has 2 heterocycles. The highest BCUT2D eigenvalue weighted by Crippen LogP contribution is 2.19. The third-order valence-electron chi connectivity index (χ3n) is 6.64. The quantitative estimate of drug-likeness (QED) is 0.0887. The van der Waals surface area contributed by atoms with E-state index in [1.807, 2.05) is 24.3 Å². The van der Waals surface area contributed by atoms with Crippen LogP contribution in [0.4, 0.5) is 0 Å².